The molecule has 0 radical (unpaired) electrons. The van der Waals surface area contributed by atoms with Crippen LogP contribution in [0.3, 0.4) is 0 Å². The van der Waals surface area contributed by atoms with Crippen molar-refractivity contribution in [3.63, 3.8) is 0 Å². The molecule has 0 N–H and O–H groups in total. The van der Waals surface area contributed by atoms with Crippen LogP contribution in [0.1, 0.15) is 5.89 Å². The Morgan fingerprint density at radius 2 is 1.80 bits per heavy atom. The lowest BCUT2D eigenvalue weighted by Gasteiger charge is -2.07. The molecule has 0 amide bonds. The van der Waals surface area contributed by atoms with E-state index in [1.165, 1.54) is 30.3 Å². The Hall–Kier alpha value is -3.60. The number of hydrogen-bond donors (Lipinski definition) is 0. The van der Waals surface area contributed by atoms with E-state index in [1.54, 1.807) is 25.3 Å². The first kappa shape index (κ1) is 19.7. The Morgan fingerprint density at radius 1 is 1.07 bits per heavy atom. The highest BCUT2D eigenvalue weighted by Crippen LogP contribution is 2.31. The monoisotopic (exact) mass is 432 g/mol. The molecular formula is C18H17ClN6O5. The van der Waals surface area contributed by atoms with E-state index in [0.29, 0.717) is 17.1 Å². The number of ether oxygens (including phenoxy) is 2. The van der Waals surface area contributed by atoms with E-state index in [9.17, 15) is 9.59 Å². The molecule has 0 aliphatic carbocycles. The SMILES string of the molecule is COc1ccc(-c2nnc(Cn3c(Cl)nc4c3c(=O)n(C)c(=O)n4C)o2)cc1OC. The van der Waals surface area contributed by atoms with Crippen LogP contribution in [0.2, 0.25) is 5.28 Å². The quantitative estimate of drug-likeness (QED) is 0.431. The molecule has 3 aromatic heterocycles. The number of hydrogen-bond acceptors (Lipinski definition) is 8. The molecule has 4 aromatic rings. The van der Waals surface area contributed by atoms with Crippen LogP contribution in [0.5, 0.6) is 11.5 Å². The summed E-state index contributed by atoms with van der Waals surface area (Å²) < 4.78 is 19.9. The minimum atomic E-state index is -0.521. The topological polar surface area (TPSA) is 119 Å². The summed E-state index contributed by atoms with van der Waals surface area (Å²) in [4.78, 5) is 28.9. The average Bonchev–Trinajstić information content (AvgIpc) is 3.35. The van der Waals surface area contributed by atoms with Crippen LogP contribution in [0.4, 0.5) is 0 Å². The molecule has 4 rings (SSSR count). The van der Waals surface area contributed by atoms with Crippen molar-refractivity contribution in [3.05, 3.63) is 50.2 Å². The lowest BCUT2D eigenvalue weighted by atomic mass is 10.2. The van der Waals surface area contributed by atoms with Crippen molar-refractivity contribution in [1.82, 2.24) is 28.9 Å². The molecular weight excluding hydrogens is 416 g/mol. The van der Waals surface area contributed by atoms with Gasteiger partial charge in [-0.25, -0.2) is 4.79 Å². The summed E-state index contributed by atoms with van der Waals surface area (Å²) in [5, 5.41) is 8.11. The van der Waals surface area contributed by atoms with E-state index in [0.717, 1.165) is 4.57 Å². The highest BCUT2D eigenvalue weighted by molar-refractivity contribution is 6.29. The van der Waals surface area contributed by atoms with Gasteiger partial charge in [0.05, 0.1) is 14.2 Å². The summed E-state index contributed by atoms with van der Waals surface area (Å²) in [5.41, 5.74) is -0.0519. The number of methoxy groups -OCH3 is 2. The van der Waals surface area contributed by atoms with Gasteiger partial charge in [-0.2, -0.15) is 4.98 Å². The van der Waals surface area contributed by atoms with Gasteiger partial charge < -0.3 is 13.9 Å². The van der Waals surface area contributed by atoms with E-state index in [2.05, 4.69) is 15.2 Å². The Kier molecular flexibility index (Phi) is 4.82. The fourth-order valence-electron chi connectivity index (χ4n) is 3.10. The summed E-state index contributed by atoms with van der Waals surface area (Å²) in [6, 6.07) is 5.19. The number of halogens is 1. The first-order valence-electron chi connectivity index (χ1n) is 8.72. The Balaban J connectivity index is 1.75. The molecule has 0 saturated carbocycles. The first-order valence-corrected chi connectivity index (χ1v) is 9.10. The maximum absolute atomic E-state index is 12.6. The lowest BCUT2D eigenvalue weighted by molar-refractivity contribution is 0.355. The van der Waals surface area contributed by atoms with Crippen LogP contribution in [-0.2, 0) is 20.6 Å². The van der Waals surface area contributed by atoms with Crippen molar-refractivity contribution in [2.45, 2.75) is 6.54 Å². The van der Waals surface area contributed by atoms with Crippen molar-refractivity contribution >= 4 is 22.8 Å². The van der Waals surface area contributed by atoms with Gasteiger partial charge in [0.1, 0.15) is 6.54 Å². The van der Waals surface area contributed by atoms with Gasteiger partial charge >= 0.3 is 5.69 Å². The summed E-state index contributed by atoms with van der Waals surface area (Å²) in [6.07, 6.45) is 0. The molecule has 0 spiro atoms. The maximum Gasteiger partial charge on any atom is 0.332 e. The number of fused-ring (bicyclic) bond motifs is 1. The van der Waals surface area contributed by atoms with Gasteiger partial charge in [-0.1, -0.05) is 0 Å². The van der Waals surface area contributed by atoms with Crippen LogP contribution in [0.15, 0.2) is 32.2 Å². The Labute approximate surface area is 174 Å². The minimum absolute atomic E-state index is 0.00304. The second-order valence-electron chi connectivity index (χ2n) is 6.42. The number of rotatable bonds is 5. The second kappa shape index (κ2) is 7.34. The van der Waals surface area contributed by atoms with Crippen molar-refractivity contribution < 1.29 is 13.9 Å². The fourth-order valence-corrected chi connectivity index (χ4v) is 3.33. The lowest BCUT2D eigenvalue weighted by Crippen LogP contribution is -2.37. The van der Waals surface area contributed by atoms with Crippen LogP contribution in [0.25, 0.3) is 22.6 Å². The van der Waals surface area contributed by atoms with Gasteiger partial charge in [-0.05, 0) is 29.8 Å². The van der Waals surface area contributed by atoms with Crippen LogP contribution < -0.4 is 20.7 Å². The smallest absolute Gasteiger partial charge is 0.332 e. The molecule has 0 saturated heterocycles. The van der Waals surface area contributed by atoms with E-state index in [4.69, 9.17) is 25.5 Å². The molecule has 0 unspecified atom stereocenters. The molecule has 0 atom stereocenters. The first-order chi connectivity index (χ1) is 14.3. The van der Waals surface area contributed by atoms with E-state index in [1.807, 2.05) is 0 Å². The molecule has 12 heteroatoms. The summed E-state index contributed by atoms with van der Waals surface area (Å²) in [7, 11) is 5.97. The van der Waals surface area contributed by atoms with Gasteiger partial charge in [-0.15, -0.1) is 10.2 Å². The number of benzene rings is 1. The third-order valence-corrected chi connectivity index (χ3v) is 4.98. The fraction of sp³-hybridized carbons (Fsp3) is 0.278. The number of nitrogens with zero attached hydrogens (tertiary/aromatic N) is 6. The molecule has 0 bridgehead atoms. The van der Waals surface area contributed by atoms with Gasteiger partial charge in [0.2, 0.25) is 17.1 Å². The van der Waals surface area contributed by atoms with Gasteiger partial charge in [0.25, 0.3) is 5.56 Å². The van der Waals surface area contributed by atoms with Crippen molar-refractivity contribution in [1.29, 1.82) is 0 Å². The highest BCUT2D eigenvalue weighted by Gasteiger charge is 2.20. The molecule has 3 heterocycles. The third kappa shape index (κ3) is 3.03. The zero-order chi connectivity index (χ0) is 21.6. The van der Waals surface area contributed by atoms with Gasteiger partial charge in [0, 0.05) is 19.7 Å². The number of imidazole rings is 1. The third-order valence-electron chi connectivity index (χ3n) is 4.69. The summed E-state index contributed by atoms with van der Waals surface area (Å²) in [5.74, 6) is 1.55. The van der Waals surface area contributed by atoms with Gasteiger partial charge in [0.15, 0.2) is 22.7 Å². The largest absolute Gasteiger partial charge is 0.493 e. The summed E-state index contributed by atoms with van der Waals surface area (Å²) >= 11 is 6.23. The molecule has 156 valence electrons. The Bertz CT molecular complexity index is 1380. The van der Waals surface area contributed by atoms with Crippen LogP contribution >= 0.6 is 11.6 Å². The van der Waals surface area contributed by atoms with Crippen LogP contribution in [-0.4, -0.2) is 43.1 Å². The highest BCUT2D eigenvalue weighted by atomic mass is 35.5. The standard InChI is InChI=1S/C18H17ClN6O5/c1-23-14-13(16(26)24(2)18(23)27)25(17(19)20-14)8-12-21-22-15(30-12)9-5-6-10(28-3)11(7-9)29-4/h5-7H,8H2,1-4H3. The molecule has 30 heavy (non-hydrogen) atoms. The van der Waals surface area contributed by atoms with Crippen molar-refractivity contribution in [2.75, 3.05) is 14.2 Å². The van der Waals surface area contributed by atoms with Crippen molar-refractivity contribution in [3.8, 4) is 23.0 Å². The minimum Gasteiger partial charge on any atom is -0.493 e. The molecule has 0 fully saturated rings. The normalized spacial score (nSPS) is 11.2. The zero-order valence-electron chi connectivity index (χ0n) is 16.5. The Morgan fingerprint density at radius 3 is 2.50 bits per heavy atom. The number of aromatic nitrogens is 6. The van der Waals surface area contributed by atoms with E-state index >= 15 is 0 Å². The number of aryl methyl sites for hydroxylation is 1. The van der Waals surface area contributed by atoms with E-state index < -0.39 is 11.2 Å². The van der Waals surface area contributed by atoms with E-state index in [-0.39, 0.29) is 34.8 Å². The average molecular weight is 433 g/mol. The molecule has 0 aliphatic heterocycles. The predicted octanol–water partition coefficient (Wildman–Crippen LogP) is 1.20. The van der Waals surface area contributed by atoms with Crippen molar-refractivity contribution in [2.24, 2.45) is 14.1 Å². The molecule has 11 nitrogen and oxygen atoms in total. The molecule has 1 aromatic carbocycles. The zero-order valence-corrected chi connectivity index (χ0v) is 17.3. The summed E-state index contributed by atoms with van der Waals surface area (Å²) in [6.45, 7) is 0.00304. The van der Waals surface area contributed by atoms with Gasteiger partial charge in [-0.3, -0.25) is 18.5 Å². The molecule has 0 aliphatic rings. The predicted molar refractivity (Wildman–Crippen MR) is 107 cm³/mol. The maximum atomic E-state index is 12.6. The second-order valence-corrected chi connectivity index (χ2v) is 6.75. The van der Waals surface area contributed by atoms with Crippen LogP contribution in [0, 0.1) is 0 Å².